The first-order chi connectivity index (χ1) is 8.40. The molecule has 2 fully saturated rings. The summed E-state index contributed by atoms with van der Waals surface area (Å²) in [6, 6.07) is 0. The summed E-state index contributed by atoms with van der Waals surface area (Å²) in [4.78, 5) is 10.9. The quantitative estimate of drug-likeness (QED) is 0.763. The Kier molecular flexibility index (Phi) is 3.96. The molecule has 0 spiro atoms. The van der Waals surface area contributed by atoms with Crippen LogP contribution in [0.3, 0.4) is 0 Å². The average molecular weight is 275 g/mol. The number of carboxylic acid groups (broad SMARTS) is 1. The molecule has 0 aromatic rings. The molecule has 18 heavy (non-hydrogen) atoms. The van der Waals surface area contributed by atoms with Gasteiger partial charge >= 0.3 is 5.97 Å². The number of nitrogens with one attached hydrogen (secondary N) is 1. The maximum atomic E-state index is 11.7. The van der Waals surface area contributed by atoms with Crippen LogP contribution in [0.1, 0.15) is 39.0 Å². The molecule has 3 unspecified atom stereocenters. The highest BCUT2D eigenvalue weighted by atomic mass is 32.2. The first-order valence-corrected chi connectivity index (χ1v) is 8.16. The number of carbonyl (C=O) groups is 1. The van der Waals surface area contributed by atoms with Gasteiger partial charge in [0, 0.05) is 6.54 Å². The van der Waals surface area contributed by atoms with Gasteiger partial charge in [0.25, 0.3) is 0 Å². The molecule has 2 saturated carbocycles. The Labute approximate surface area is 108 Å². The summed E-state index contributed by atoms with van der Waals surface area (Å²) in [5, 5.41) is 8.76. The van der Waals surface area contributed by atoms with Crippen LogP contribution in [0.25, 0.3) is 0 Å². The third-order valence-corrected chi connectivity index (χ3v) is 6.11. The van der Waals surface area contributed by atoms with E-state index in [0.717, 1.165) is 25.7 Å². The molecule has 0 radical (unpaired) electrons. The Morgan fingerprint density at radius 1 is 1.33 bits per heavy atom. The van der Waals surface area contributed by atoms with Crippen molar-refractivity contribution >= 4 is 16.0 Å². The van der Waals surface area contributed by atoms with Crippen molar-refractivity contribution in [2.45, 2.75) is 44.3 Å². The van der Waals surface area contributed by atoms with E-state index in [2.05, 4.69) is 4.72 Å². The molecule has 0 amide bonds. The summed E-state index contributed by atoms with van der Waals surface area (Å²) in [6.45, 7) is 2.44. The fourth-order valence-corrected chi connectivity index (χ4v) is 4.16. The van der Waals surface area contributed by atoms with Crippen LogP contribution in [0.15, 0.2) is 0 Å². The molecule has 3 atom stereocenters. The van der Waals surface area contributed by atoms with Crippen LogP contribution in [0, 0.1) is 17.8 Å². The number of hydrogen-bond acceptors (Lipinski definition) is 3. The van der Waals surface area contributed by atoms with Crippen molar-refractivity contribution in [2.24, 2.45) is 17.8 Å². The maximum Gasteiger partial charge on any atom is 0.306 e. The molecular weight excluding hydrogens is 254 g/mol. The first-order valence-electron chi connectivity index (χ1n) is 6.61. The highest BCUT2D eigenvalue weighted by Crippen LogP contribution is 2.36. The molecule has 2 aliphatic carbocycles. The highest BCUT2D eigenvalue weighted by Gasteiger charge is 2.37. The molecule has 0 aliphatic heterocycles. The van der Waals surface area contributed by atoms with Gasteiger partial charge in [-0.05, 0) is 43.9 Å². The van der Waals surface area contributed by atoms with Gasteiger partial charge in [-0.2, -0.15) is 0 Å². The summed E-state index contributed by atoms with van der Waals surface area (Å²) in [5.41, 5.74) is 0. The van der Waals surface area contributed by atoms with Crippen LogP contribution in [0.5, 0.6) is 0 Å². The molecule has 5 nitrogen and oxygen atoms in total. The molecule has 2 aliphatic rings. The predicted molar refractivity (Wildman–Crippen MR) is 67.6 cm³/mol. The van der Waals surface area contributed by atoms with Gasteiger partial charge in [-0.3, -0.25) is 4.79 Å². The largest absolute Gasteiger partial charge is 0.481 e. The van der Waals surface area contributed by atoms with Crippen molar-refractivity contribution in [3.05, 3.63) is 0 Å². The van der Waals surface area contributed by atoms with E-state index in [1.165, 1.54) is 0 Å². The standard InChI is InChI=1S/C12H21NO4S/c1-8(7-13-18(16,17)11-4-5-11)9-2-3-10(6-9)12(14)15/h8-11,13H,2-7H2,1H3,(H,14,15). The summed E-state index contributed by atoms with van der Waals surface area (Å²) in [5.74, 6) is -0.420. The van der Waals surface area contributed by atoms with Crippen LogP contribution < -0.4 is 4.72 Å². The predicted octanol–water partition coefficient (Wildman–Crippen LogP) is 1.21. The highest BCUT2D eigenvalue weighted by molar-refractivity contribution is 7.90. The molecule has 0 saturated heterocycles. The number of carboxylic acids is 1. The molecule has 0 aromatic carbocycles. The van der Waals surface area contributed by atoms with E-state index in [1.54, 1.807) is 0 Å². The molecule has 2 N–H and O–H groups in total. The summed E-state index contributed by atoms with van der Waals surface area (Å²) in [7, 11) is -3.11. The Morgan fingerprint density at radius 3 is 2.50 bits per heavy atom. The summed E-state index contributed by atoms with van der Waals surface area (Å²) >= 11 is 0. The van der Waals surface area contributed by atoms with Gasteiger partial charge in [0.2, 0.25) is 10.0 Å². The minimum absolute atomic E-state index is 0.181. The second kappa shape index (κ2) is 5.17. The summed E-state index contributed by atoms with van der Waals surface area (Å²) < 4.78 is 26.0. The Hall–Kier alpha value is -0.620. The molecule has 0 aromatic heterocycles. The number of hydrogen-bond donors (Lipinski definition) is 2. The van der Waals surface area contributed by atoms with Crippen LogP contribution in [-0.2, 0) is 14.8 Å². The molecular formula is C12H21NO4S. The van der Waals surface area contributed by atoms with Crippen LogP contribution in [0.4, 0.5) is 0 Å². The topological polar surface area (TPSA) is 83.5 Å². The van der Waals surface area contributed by atoms with E-state index in [-0.39, 0.29) is 17.1 Å². The van der Waals surface area contributed by atoms with Crippen molar-refractivity contribution in [3.63, 3.8) is 0 Å². The monoisotopic (exact) mass is 275 g/mol. The Bertz CT molecular complexity index is 416. The van der Waals surface area contributed by atoms with E-state index >= 15 is 0 Å². The molecule has 2 rings (SSSR count). The second-order valence-electron chi connectivity index (χ2n) is 5.68. The van der Waals surface area contributed by atoms with Gasteiger partial charge < -0.3 is 5.11 Å². The number of sulfonamides is 1. The van der Waals surface area contributed by atoms with Crippen LogP contribution in [0.2, 0.25) is 0 Å². The normalized spacial score (nSPS) is 30.3. The average Bonchev–Trinajstić information content (AvgIpc) is 3.04. The lowest BCUT2D eigenvalue weighted by atomic mass is 9.92. The lowest BCUT2D eigenvalue weighted by molar-refractivity contribution is -0.141. The molecule has 0 heterocycles. The zero-order chi connectivity index (χ0) is 13.3. The van der Waals surface area contributed by atoms with Crippen molar-refractivity contribution in [2.75, 3.05) is 6.54 Å². The van der Waals surface area contributed by atoms with E-state index in [9.17, 15) is 13.2 Å². The fourth-order valence-electron chi connectivity index (χ4n) is 2.67. The lowest BCUT2D eigenvalue weighted by Crippen LogP contribution is -2.33. The zero-order valence-electron chi connectivity index (χ0n) is 10.6. The Morgan fingerprint density at radius 2 is 2.00 bits per heavy atom. The molecule has 0 bridgehead atoms. The van der Waals surface area contributed by atoms with Crippen molar-refractivity contribution in [1.29, 1.82) is 0 Å². The van der Waals surface area contributed by atoms with Crippen molar-refractivity contribution in [3.8, 4) is 0 Å². The van der Waals surface area contributed by atoms with Gasteiger partial charge in [0.1, 0.15) is 0 Å². The molecule has 6 heteroatoms. The van der Waals surface area contributed by atoms with Crippen molar-refractivity contribution in [1.82, 2.24) is 4.72 Å². The van der Waals surface area contributed by atoms with E-state index in [1.807, 2.05) is 6.92 Å². The molecule has 104 valence electrons. The maximum absolute atomic E-state index is 11.7. The summed E-state index contributed by atoms with van der Waals surface area (Å²) in [6.07, 6.45) is 3.84. The Balaban J connectivity index is 1.78. The van der Waals surface area contributed by atoms with E-state index in [4.69, 9.17) is 5.11 Å². The van der Waals surface area contributed by atoms with Crippen LogP contribution >= 0.6 is 0 Å². The van der Waals surface area contributed by atoms with E-state index in [0.29, 0.717) is 18.9 Å². The van der Waals surface area contributed by atoms with Gasteiger partial charge in [-0.1, -0.05) is 6.92 Å². The number of rotatable bonds is 6. The minimum Gasteiger partial charge on any atom is -0.481 e. The third kappa shape index (κ3) is 3.23. The first kappa shape index (κ1) is 13.8. The van der Waals surface area contributed by atoms with Crippen molar-refractivity contribution < 1.29 is 18.3 Å². The number of aliphatic carboxylic acids is 1. The second-order valence-corrected chi connectivity index (χ2v) is 7.72. The van der Waals surface area contributed by atoms with Crippen LogP contribution in [-0.4, -0.2) is 31.3 Å². The smallest absolute Gasteiger partial charge is 0.306 e. The SMILES string of the molecule is CC(CNS(=O)(=O)C1CC1)C1CCC(C(=O)O)C1. The lowest BCUT2D eigenvalue weighted by Gasteiger charge is -2.19. The van der Waals surface area contributed by atoms with Gasteiger partial charge in [-0.15, -0.1) is 0 Å². The van der Waals surface area contributed by atoms with Gasteiger partial charge in [0.15, 0.2) is 0 Å². The fraction of sp³-hybridized carbons (Fsp3) is 0.917. The van der Waals surface area contributed by atoms with Gasteiger partial charge in [-0.25, -0.2) is 13.1 Å². The third-order valence-electron chi connectivity index (χ3n) is 4.20. The van der Waals surface area contributed by atoms with E-state index < -0.39 is 16.0 Å². The zero-order valence-corrected chi connectivity index (χ0v) is 11.4. The van der Waals surface area contributed by atoms with Gasteiger partial charge in [0.05, 0.1) is 11.2 Å². The minimum atomic E-state index is -3.11.